The van der Waals surface area contributed by atoms with Crippen molar-refractivity contribution in [2.45, 2.75) is 13.8 Å². The second kappa shape index (κ2) is 20.4. The summed E-state index contributed by atoms with van der Waals surface area (Å²) in [6.07, 6.45) is 6.86. The molecular weight excluding hydrogens is 837 g/mol. The fourth-order valence-corrected chi connectivity index (χ4v) is 9.06. The van der Waals surface area contributed by atoms with Crippen LogP contribution in [0, 0.1) is 13.8 Å². The lowest BCUT2D eigenvalue weighted by atomic mass is 9.92. The number of fused-ring (bicyclic) bond motifs is 1. The molecule has 0 bridgehead atoms. The van der Waals surface area contributed by atoms with Crippen molar-refractivity contribution in [2.75, 3.05) is 12.0 Å². The van der Waals surface area contributed by atoms with Crippen LogP contribution in [0.5, 0.6) is 5.75 Å². The Labute approximate surface area is 406 Å². The first-order valence-corrected chi connectivity index (χ1v) is 23.5. The molecule has 0 aliphatic heterocycles. The maximum absolute atomic E-state index is 5.54. The highest BCUT2D eigenvalue weighted by Crippen LogP contribution is 2.42. The standard InChI is InChI=1S/C66H52N2O/c1-47-26-28-53(29-27-47)64(54-34-41-59(69-3)42-35-54)46-56-36-45-66(63-24-14-13-23-62(56)63)68(58-39-32-55(33-40-58)65-25-15-16-48(2)67-65)57-37-30-52(31-38-57)61(51-21-11-6-12-22-51)44-43-60(49-17-7-4-8-18-49)50-19-9-5-10-20-50/h4-46H,1-3H3/b61-44+,64-46+. The molecule has 0 radical (unpaired) electrons. The Morgan fingerprint density at radius 3 is 1.41 bits per heavy atom. The Hall–Kier alpha value is -8.79. The van der Waals surface area contributed by atoms with E-state index in [0.29, 0.717) is 0 Å². The summed E-state index contributed by atoms with van der Waals surface area (Å²) in [6.45, 7) is 4.16. The van der Waals surface area contributed by atoms with Crippen LogP contribution < -0.4 is 9.64 Å². The van der Waals surface area contributed by atoms with Gasteiger partial charge in [-0.05, 0) is 136 Å². The van der Waals surface area contributed by atoms with Crippen LogP contribution in [0.2, 0.25) is 0 Å². The molecular formula is C66H52N2O. The van der Waals surface area contributed by atoms with E-state index in [2.05, 4.69) is 255 Å². The van der Waals surface area contributed by atoms with E-state index >= 15 is 0 Å². The van der Waals surface area contributed by atoms with Crippen LogP contribution in [-0.2, 0) is 0 Å². The molecule has 0 aliphatic carbocycles. The number of allylic oxidation sites excluding steroid dienone is 2. The second-order valence-corrected chi connectivity index (χ2v) is 17.2. The fraction of sp³-hybridized carbons (Fsp3) is 0.0455. The lowest BCUT2D eigenvalue weighted by Gasteiger charge is -2.28. The zero-order valence-corrected chi connectivity index (χ0v) is 39.1. The van der Waals surface area contributed by atoms with Crippen molar-refractivity contribution >= 4 is 50.6 Å². The smallest absolute Gasteiger partial charge is 0.118 e. The molecule has 0 saturated carbocycles. The lowest BCUT2D eigenvalue weighted by Crippen LogP contribution is -2.11. The van der Waals surface area contributed by atoms with E-state index < -0.39 is 0 Å². The predicted molar refractivity (Wildman–Crippen MR) is 291 cm³/mol. The van der Waals surface area contributed by atoms with Gasteiger partial charge in [-0.15, -0.1) is 0 Å². The second-order valence-electron chi connectivity index (χ2n) is 17.2. The van der Waals surface area contributed by atoms with Crippen LogP contribution in [-0.4, -0.2) is 12.1 Å². The van der Waals surface area contributed by atoms with Gasteiger partial charge in [0, 0.05) is 28.0 Å². The highest BCUT2D eigenvalue weighted by atomic mass is 16.5. The number of benzene rings is 9. The van der Waals surface area contributed by atoms with Gasteiger partial charge >= 0.3 is 0 Å². The Kier molecular flexibility index (Phi) is 13.0. The van der Waals surface area contributed by atoms with Crippen LogP contribution in [0.25, 0.3) is 44.8 Å². The number of aryl methyl sites for hydroxylation is 2. The molecule has 0 saturated heterocycles. The SMILES string of the molecule is COc1ccc(/C(=C/c2ccc(N(c3ccc(/C(=C/C=C(c4ccccc4)c4ccccc4)c4ccccc4)cc3)c3ccc(-c4cccc(C)n4)cc3)c3ccccc23)c2ccc(C)cc2)cc1. The maximum atomic E-state index is 5.54. The van der Waals surface area contributed by atoms with E-state index in [1.54, 1.807) is 7.11 Å². The highest BCUT2D eigenvalue weighted by Gasteiger charge is 2.19. The largest absolute Gasteiger partial charge is 0.497 e. The van der Waals surface area contributed by atoms with Gasteiger partial charge in [0.1, 0.15) is 5.75 Å². The van der Waals surface area contributed by atoms with Gasteiger partial charge in [-0.3, -0.25) is 4.98 Å². The average molecular weight is 889 g/mol. The van der Waals surface area contributed by atoms with Gasteiger partial charge in [-0.25, -0.2) is 0 Å². The van der Waals surface area contributed by atoms with Gasteiger partial charge in [0.2, 0.25) is 0 Å². The quantitative estimate of drug-likeness (QED) is 0.0852. The number of methoxy groups -OCH3 is 1. The molecule has 9 aromatic carbocycles. The summed E-state index contributed by atoms with van der Waals surface area (Å²) in [6, 6.07) is 86.3. The molecule has 3 heteroatoms. The minimum atomic E-state index is 0.831. The first-order chi connectivity index (χ1) is 34.0. The van der Waals surface area contributed by atoms with E-state index in [4.69, 9.17) is 9.72 Å². The molecule has 332 valence electrons. The molecule has 0 aliphatic rings. The molecule has 3 nitrogen and oxygen atoms in total. The van der Waals surface area contributed by atoms with Crippen molar-refractivity contribution < 1.29 is 4.74 Å². The third-order valence-electron chi connectivity index (χ3n) is 12.7. The topological polar surface area (TPSA) is 25.4 Å². The van der Waals surface area contributed by atoms with Crippen LogP contribution >= 0.6 is 0 Å². The van der Waals surface area contributed by atoms with Crippen molar-refractivity contribution in [1.29, 1.82) is 0 Å². The molecule has 0 amide bonds. The van der Waals surface area contributed by atoms with Crippen molar-refractivity contribution in [3.05, 3.63) is 305 Å². The van der Waals surface area contributed by atoms with Crippen molar-refractivity contribution in [2.24, 2.45) is 0 Å². The molecule has 10 rings (SSSR count). The van der Waals surface area contributed by atoms with Crippen LogP contribution in [0.4, 0.5) is 17.1 Å². The van der Waals surface area contributed by atoms with E-state index in [0.717, 1.165) is 95.1 Å². The van der Waals surface area contributed by atoms with Gasteiger partial charge in [-0.2, -0.15) is 0 Å². The summed E-state index contributed by atoms with van der Waals surface area (Å²) >= 11 is 0. The Balaban J connectivity index is 1.11. The Morgan fingerprint density at radius 1 is 0.406 bits per heavy atom. The third-order valence-corrected chi connectivity index (χ3v) is 12.7. The van der Waals surface area contributed by atoms with Gasteiger partial charge in [-0.1, -0.05) is 206 Å². The summed E-state index contributed by atoms with van der Waals surface area (Å²) in [5.74, 6) is 0.831. The average Bonchev–Trinajstić information content (AvgIpc) is 3.41. The van der Waals surface area contributed by atoms with E-state index in [1.165, 1.54) is 16.7 Å². The Bertz CT molecular complexity index is 3390. The maximum Gasteiger partial charge on any atom is 0.118 e. The van der Waals surface area contributed by atoms with Gasteiger partial charge in [0.05, 0.1) is 18.5 Å². The normalized spacial score (nSPS) is 11.6. The predicted octanol–water partition coefficient (Wildman–Crippen LogP) is 17.1. The number of ether oxygens (including phenoxy) is 1. The number of hydrogen-bond donors (Lipinski definition) is 0. The highest BCUT2D eigenvalue weighted by molar-refractivity contribution is 6.06. The first kappa shape index (κ1) is 44.1. The summed E-state index contributed by atoms with van der Waals surface area (Å²) in [5, 5.41) is 2.30. The van der Waals surface area contributed by atoms with Crippen LogP contribution in [0.1, 0.15) is 50.2 Å². The summed E-state index contributed by atoms with van der Waals surface area (Å²) < 4.78 is 5.54. The molecule has 1 aromatic heterocycles. The molecule has 0 fully saturated rings. The lowest BCUT2D eigenvalue weighted by molar-refractivity contribution is 0.415. The third kappa shape index (κ3) is 9.86. The number of pyridine rings is 1. The number of nitrogens with zero attached hydrogens (tertiary/aromatic N) is 2. The number of hydrogen-bond acceptors (Lipinski definition) is 3. The van der Waals surface area contributed by atoms with Crippen molar-refractivity contribution in [3.63, 3.8) is 0 Å². The molecule has 1 heterocycles. The molecule has 0 atom stereocenters. The van der Waals surface area contributed by atoms with Gasteiger partial charge in [0.15, 0.2) is 0 Å². The van der Waals surface area contributed by atoms with Gasteiger partial charge < -0.3 is 9.64 Å². The zero-order chi connectivity index (χ0) is 46.9. The van der Waals surface area contributed by atoms with Crippen molar-refractivity contribution in [3.8, 4) is 17.0 Å². The van der Waals surface area contributed by atoms with Crippen LogP contribution in [0.3, 0.4) is 0 Å². The van der Waals surface area contributed by atoms with E-state index in [1.807, 2.05) is 25.1 Å². The molecule has 0 spiro atoms. The molecule has 10 aromatic rings. The summed E-state index contributed by atoms with van der Waals surface area (Å²) in [5.41, 5.74) is 18.9. The fourth-order valence-electron chi connectivity index (χ4n) is 9.06. The monoisotopic (exact) mass is 888 g/mol. The summed E-state index contributed by atoms with van der Waals surface area (Å²) in [4.78, 5) is 7.22. The van der Waals surface area contributed by atoms with Gasteiger partial charge in [0.25, 0.3) is 0 Å². The van der Waals surface area contributed by atoms with E-state index in [9.17, 15) is 0 Å². The van der Waals surface area contributed by atoms with Crippen molar-refractivity contribution in [1.82, 2.24) is 4.98 Å². The summed E-state index contributed by atoms with van der Waals surface area (Å²) in [7, 11) is 1.71. The first-order valence-electron chi connectivity index (χ1n) is 23.5. The molecule has 69 heavy (non-hydrogen) atoms. The minimum absolute atomic E-state index is 0.831. The molecule has 0 N–H and O–H groups in total. The number of rotatable bonds is 13. The zero-order valence-electron chi connectivity index (χ0n) is 39.1. The van der Waals surface area contributed by atoms with Crippen LogP contribution in [0.15, 0.2) is 255 Å². The number of anilines is 3. The minimum Gasteiger partial charge on any atom is -0.497 e. The Morgan fingerprint density at radius 2 is 0.870 bits per heavy atom. The molecule has 0 unspecified atom stereocenters. The number of aromatic nitrogens is 1. The van der Waals surface area contributed by atoms with E-state index in [-0.39, 0.29) is 0 Å².